The molecular formula is C17H24F3NO3S2. The maximum Gasteiger partial charge on any atom is 0.522 e. The maximum atomic E-state index is 11.9. The molecule has 1 aromatic carbocycles. The first-order chi connectivity index (χ1) is 12.4. The molecule has 0 bridgehead atoms. The Balaban J connectivity index is 0.00000194. The number of benzene rings is 1. The Labute approximate surface area is 161 Å². The third-order valence-electron chi connectivity index (χ3n) is 2.55. The van der Waals surface area contributed by atoms with E-state index in [1.165, 1.54) is 11.8 Å². The second kappa shape index (κ2) is 15.0. The minimum absolute atomic E-state index is 0.0630. The Kier molecular flexibility index (Phi) is 14.4. The lowest BCUT2D eigenvalue weighted by molar-refractivity contribution is -0.324. The zero-order chi connectivity index (χ0) is 19.8. The van der Waals surface area contributed by atoms with E-state index >= 15 is 0 Å². The van der Waals surface area contributed by atoms with Crippen molar-refractivity contribution in [3.05, 3.63) is 23.8 Å². The number of nitriles is 1. The van der Waals surface area contributed by atoms with E-state index in [-0.39, 0.29) is 13.2 Å². The van der Waals surface area contributed by atoms with Crippen LogP contribution < -0.4 is 4.74 Å². The van der Waals surface area contributed by atoms with Gasteiger partial charge in [-0.3, -0.25) is 4.74 Å². The molecule has 0 unspecified atom stereocenters. The highest BCUT2D eigenvalue weighted by molar-refractivity contribution is 7.99. The number of hydrogen-bond acceptors (Lipinski definition) is 6. The lowest BCUT2D eigenvalue weighted by atomic mass is 10.2. The average molecular weight is 412 g/mol. The molecule has 0 amide bonds. The van der Waals surface area contributed by atoms with E-state index in [1.807, 2.05) is 25.5 Å². The molecule has 0 saturated heterocycles. The number of nitrogens with zero attached hydrogens (tertiary/aromatic N) is 1. The molecule has 0 aliphatic heterocycles. The largest absolute Gasteiger partial charge is 0.522 e. The van der Waals surface area contributed by atoms with Crippen molar-refractivity contribution in [3.63, 3.8) is 0 Å². The topological polar surface area (TPSA) is 51.5 Å². The van der Waals surface area contributed by atoms with Crippen molar-refractivity contribution in [2.75, 3.05) is 38.3 Å². The third kappa shape index (κ3) is 12.3. The van der Waals surface area contributed by atoms with Crippen molar-refractivity contribution in [2.24, 2.45) is 0 Å². The van der Waals surface area contributed by atoms with Crippen LogP contribution in [-0.2, 0) is 9.47 Å². The van der Waals surface area contributed by atoms with Crippen LogP contribution in [0.15, 0.2) is 23.1 Å². The average Bonchev–Trinajstić information content (AvgIpc) is 2.58. The molecule has 0 N–H and O–H groups in total. The van der Waals surface area contributed by atoms with Gasteiger partial charge in [-0.05, 0) is 37.5 Å². The highest BCUT2D eigenvalue weighted by Gasteiger charge is 2.28. The van der Waals surface area contributed by atoms with E-state index in [1.54, 1.807) is 30.0 Å². The predicted molar refractivity (Wildman–Crippen MR) is 99.7 cm³/mol. The summed E-state index contributed by atoms with van der Waals surface area (Å²) in [5.41, 5.74) is 0.416. The Morgan fingerprint density at radius 3 is 2.46 bits per heavy atom. The fraction of sp³-hybridized carbons (Fsp3) is 0.588. The molecule has 148 valence electrons. The quantitative estimate of drug-likeness (QED) is 0.295. The van der Waals surface area contributed by atoms with Crippen molar-refractivity contribution in [1.29, 1.82) is 5.26 Å². The summed E-state index contributed by atoms with van der Waals surface area (Å²) in [6.07, 6.45) is 0.540. The lowest BCUT2D eigenvalue weighted by Gasteiger charge is -2.13. The Bertz CT molecular complexity index is 537. The SMILES string of the molecule is CCCOCOc1cccc(C#N)c1SCCCOC(F)(F)F.CSC. The Morgan fingerprint density at radius 2 is 1.88 bits per heavy atom. The highest BCUT2D eigenvalue weighted by atomic mass is 32.2. The van der Waals surface area contributed by atoms with E-state index in [9.17, 15) is 13.2 Å². The van der Waals surface area contributed by atoms with Gasteiger partial charge in [0, 0.05) is 5.75 Å². The number of ether oxygens (including phenoxy) is 3. The van der Waals surface area contributed by atoms with Crippen molar-refractivity contribution < 1.29 is 27.4 Å². The van der Waals surface area contributed by atoms with Crippen LogP contribution in [0.2, 0.25) is 0 Å². The minimum atomic E-state index is -4.61. The van der Waals surface area contributed by atoms with Crippen molar-refractivity contribution in [3.8, 4) is 11.8 Å². The Hall–Kier alpha value is -1.08. The zero-order valence-electron chi connectivity index (χ0n) is 15.1. The molecular weight excluding hydrogens is 387 g/mol. The highest BCUT2D eigenvalue weighted by Crippen LogP contribution is 2.33. The molecule has 0 aliphatic rings. The van der Waals surface area contributed by atoms with Gasteiger partial charge in [0.25, 0.3) is 0 Å². The maximum absolute atomic E-state index is 11.9. The molecule has 0 fully saturated rings. The van der Waals surface area contributed by atoms with E-state index in [4.69, 9.17) is 14.7 Å². The van der Waals surface area contributed by atoms with Crippen molar-refractivity contribution in [2.45, 2.75) is 31.0 Å². The molecule has 4 nitrogen and oxygen atoms in total. The van der Waals surface area contributed by atoms with E-state index in [0.717, 1.165) is 6.42 Å². The molecule has 0 aliphatic carbocycles. The van der Waals surface area contributed by atoms with Crippen molar-refractivity contribution in [1.82, 2.24) is 0 Å². The molecule has 1 rings (SSSR count). The first-order valence-electron chi connectivity index (χ1n) is 7.86. The first kappa shape index (κ1) is 24.9. The molecule has 0 spiro atoms. The van der Waals surface area contributed by atoms with Crippen LogP contribution in [0.3, 0.4) is 0 Å². The smallest absolute Gasteiger partial charge is 0.466 e. The molecule has 0 saturated carbocycles. The first-order valence-corrected chi connectivity index (χ1v) is 10.5. The van der Waals surface area contributed by atoms with Gasteiger partial charge >= 0.3 is 6.36 Å². The summed E-state index contributed by atoms with van der Waals surface area (Å²) in [5, 5.41) is 9.14. The van der Waals surface area contributed by atoms with Gasteiger partial charge < -0.3 is 9.47 Å². The van der Waals surface area contributed by atoms with Crippen molar-refractivity contribution >= 4 is 23.5 Å². The molecule has 26 heavy (non-hydrogen) atoms. The van der Waals surface area contributed by atoms with Gasteiger partial charge in [0.1, 0.15) is 11.8 Å². The summed E-state index contributed by atoms with van der Waals surface area (Å²) in [4.78, 5) is 0.599. The molecule has 1 aromatic rings. The summed E-state index contributed by atoms with van der Waals surface area (Å²) in [7, 11) is 0. The van der Waals surface area contributed by atoms with Crippen LogP contribution >= 0.6 is 23.5 Å². The van der Waals surface area contributed by atoms with Crippen LogP contribution in [0.25, 0.3) is 0 Å². The van der Waals surface area contributed by atoms with Crippen LogP contribution in [0.1, 0.15) is 25.3 Å². The molecule has 9 heteroatoms. The summed E-state index contributed by atoms with van der Waals surface area (Å²) in [6, 6.07) is 7.07. The summed E-state index contributed by atoms with van der Waals surface area (Å²) >= 11 is 3.01. The van der Waals surface area contributed by atoms with Crippen LogP contribution in [0, 0.1) is 11.3 Å². The van der Waals surface area contributed by atoms with Gasteiger partial charge in [0.15, 0.2) is 6.79 Å². The number of alkyl halides is 3. The van der Waals surface area contributed by atoms with E-state index < -0.39 is 13.0 Å². The van der Waals surface area contributed by atoms with Crippen LogP contribution in [0.4, 0.5) is 13.2 Å². The van der Waals surface area contributed by atoms with Gasteiger partial charge in [-0.1, -0.05) is 13.0 Å². The molecule has 0 radical (unpaired) electrons. The number of rotatable bonds is 10. The zero-order valence-corrected chi connectivity index (χ0v) is 16.7. The predicted octanol–water partition coefficient (Wildman–Crippen LogP) is 5.32. The normalized spacial score (nSPS) is 10.7. The van der Waals surface area contributed by atoms with Gasteiger partial charge in [0.05, 0.1) is 23.7 Å². The fourth-order valence-corrected chi connectivity index (χ4v) is 2.60. The number of thioether (sulfide) groups is 2. The summed E-state index contributed by atoms with van der Waals surface area (Å²) in [6.45, 7) is 2.18. The standard InChI is InChI=1S/C15H18F3NO3S.C2H6S/c1-2-7-20-11-21-13-6-3-5-12(10-19)14(13)23-9-4-8-22-15(16,17)18;1-3-2/h3,5-6H,2,4,7-9,11H2,1H3;1-2H3. The second-order valence-corrected chi connectivity index (χ2v) is 6.74. The van der Waals surface area contributed by atoms with Gasteiger partial charge in [-0.25, -0.2) is 0 Å². The number of halogens is 3. The lowest BCUT2D eigenvalue weighted by Crippen LogP contribution is -2.14. The van der Waals surface area contributed by atoms with Crippen LogP contribution in [0.5, 0.6) is 5.75 Å². The Morgan fingerprint density at radius 1 is 1.19 bits per heavy atom. The molecule has 0 atom stereocenters. The minimum Gasteiger partial charge on any atom is -0.466 e. The molecule has 0 heterocycles. The molecule has 0 aromatic heterocycles. The second-order valence-electron chi connectivity index (χ2n) is 4.82. The van der Waals surface area contributed by atoms with Crippen LogP contribution in [-0.4, -0.2) is 44.6 Å². The van der Waals surface area contributed by atoms with E-state index in [0.29, 0.717) is 28.6 Å². The van der Waals surface area contributed by atoms with Gasteiger partial charge in [-0.2, -0.15) is 17.0 Å². The number of hydrogen-bond donors (Lipinski definition) is 0. The monoisotopic (exact) mass is 411 g/mol. The van der Waals surface area contributed by atoms with Gasteiger partial charge in [0.2, 0.25) is 0 Å². The fourth-order valence-electron chi connectivity index (χ4n) is 1.60. The third-order valence-corrected chi connectivity index (χ3v) is 3.75. The van der Waals surface area contributed by atoms with E-state index in [2.05, 4.69) is 4.74 Å². The summed E-state index contributed by atoms with van der Waals surface area (Å²) in [5.74, 6) is 0.864. The van der Waals surface area contributed by atoms with Gasteiger partial charge in [-0.15, -0.1) is 24.9 Å². The summed E-state index contributed by atoms with van der Waals surface area (Å²) < 4.78 is 50.1.